The number of ketones is 1. The summed E-state index contributed by atoms with van der Waals surface area (Å²) in [5.74, 6) is 2.73. The average molecular weight is 743 g/mol. The number of esters is 1. The van der Waals surface area contributed by atoms with Crippen molar-refractivity contribution in [2.45, 2.75) is 219 Å². The molecule has 5 aliphatic carbocycles. The van der Waals surface area contributed by atoms with E-state index in [4.69, 9.17) is 4.74 Å². The fourth-order valence-electron chi connectivity index (χ4n) is 13.0. The summed E-state index contributed by atoms with van der Waals surface area (Å²) in [6.45, 7) is 11.1. The first-order chi connectivity index (χ1) is 25.4. The van der Waals surface area contributed by atoms with E-state index in [1.54, 1.807) is 0 Å². The second-order valence-corrected chi connectivity index (χ2v) is 20.1. The smallest absolute Gasteiger partial charge is 0.305 e. The van der Waals surface area contributed by atoms with Gasteiger partial charge in [0, 0.05) is 30.6 Å². The van der Waals surface area contributed by atoms with Crippen molar-refractivity contribution in [1.82, 2.24) is 0 Å². The molecular formula is C47H82O6. The van der Waals surface area contributed by atoms with Crippen LogP contribution < -0.4 is 0 Å². The maximum atomic E-state index is 13.2. The van der Waals surface area contributed by atoms with Gasteiger partial charge in [0.05, 0.1) is 12.2 Å². The molecular weight excluding hydrogens is 661 g/mol. The van der Waals surface area contributed by atoms with E-state index in [-0.39, 0.29) is 35.7 Å². The highest BCUT2D eigenvalue weighted by atomic mass is 16.5. The highest BCUT2D eigenvalue weighted by Crippen LogP contribution is 2.68. The van der Waals surface area contributed by atoms with Crippen LogP contribution >= 0.6 is 0 Å². The molecule has 0 aromatic heterocycles. The maximum Gasteiger partial charge on any atom is 0.305 e. The van der Waals surface area contributed by atoms with E-state index >= 15 is 0 Å². The van der Waals surface area contributed by atoms with Gasteiger partial charge in [0.15, 0.2) is 0 Å². The molecule has 0 heterocycles. The Morgan fingerprint density at radius 1 is 0.868 bits per heavy atom. The molecule has 0 amide bonds. The molecule has 6 heteroatoms. The molecule has 53 heavy (non-hydrogen) atoms. The summed E-state index contributed by atoms with van der Waals surface area (Å²) in [4.78, 5) is 25.6. The molecule has 5 aliphatic rings. The average Bonchev–Trinajstić information content (AvgIpc) is 3.76. The molecule has 0 aliphatic heterocycles. The minimum atomic E-state index is -1.60. The predicted molar refractivity (Wildman–Crippen MR) is 214 cm³/mol. The standard InChI is InChI=1S/C47H82O6/c1-6-7-8-9-10-11-12-13-14-15-16-17-18-19-20-21-44(51)53-32-47(52,43(50)29-34(3)38-28-33(38)2)41-25-24-39-37-23-22-35-30-36(48)26-27-45(35,4)40(37)31-42(49)46(39,41)5/h33-35,37-43,49-50,52H,6-32H2,1-5H3/t33-,34-,35+,37+,38-,39+,40+,41+,42-,43-,45+,46+,47-/m1/s1. The highest BCUT2D eigenvalue weighted by Gasteiger charge is 2.67. The van der Waals surface area contributed by atoms with Crippen molar-refractivity contribution in [3.63, 3.8) is 0 Å². The number of aliphatic hydroxyl groups is 3. The lowest BCUT2D eigenvalue weighted by Crippen LogP contribution is -2.63. The van der Waals surface area contributed by atoms with Gasteiger partial charge >= 0.3 is 5.97 Å². The Balaban J connectivity index is 1.12. The van der Waals surface area contributed by atoms with Gasteiger partial charge in [-0.15, -0.1) is 0 Å². The Kier molecular flexibility index (Phi) is 15.8. The van der Waals surface area contributed by atoms with Crippen molar-refractivity contribution in [1.29, 1.82) is 0 Å². The van der Waals surface area contributed by atoms with Crippen LogP contribution in [0.5, 0.6) is 0 Å². The Morgan fingerprint density at radius 3 is 2.04 bits per heavy atom. The number of ether oxygens (including phenoxy) is 1. The molecule has 0 aromatic rings. The van der Waals surface area contributed by atoms with Gasteiger partial charge in [-0.25, -0.2) is 0 Å². The molecule has 6 nitrogen and oxygen atoms in total. The number of fused-ring (bicyclic) bond motifs is 5. The zero-order valence-electron chi connectivity index (χ0n) is 34.9. The molecule has 0 bridgehead atoms. The quantitative estimate of drug-likeness (QED) is 0.0711. The molecule has 0 radical (unpaired) electrons. The molecule has 0 saturated heterocycles. The molecule has 5 rings (SSSR count). The Bertz CT molecular complexity index is 1160. The number of Topliss-reactive ketones (excluding diaryl/α,β-unsaturated/α-hetero) is 1. The summed E-state index contributed by atoms with van der Waals surface area (Å²) in [6, 6.07) is 0. The zero-order chi connectivity index (χ0) is 38.2. The minimum absolute atomic E-state index is 0.0753. The van der Waals surface area contributed by atoms with Crippen LogP contribution in [0.4, 0.5) is 0 Å². The number of hydrogen-bond donors (Lipinski definition) is 3. The van der Waals surface area contributed by atoms with E-state index < -0.39 is 23.2 Å². The van der Waals surface area contributed by atoms with Crippen molar-refractivity contribution in [3.05, 3.63) is 0 Å². The lowest BCUT2D eigenvalue weighted by atomic mass is 9.43. The number of rotatable bonds is 23. The van der Waals surface area contributed by atoms with Crippen molar-refractivity contribution in [3.8, 4) is 0 Å². The molecule has 5 saturated carbocycles. The van der Waals surface area contributed by atoms with Gasteiger partial charge in [0.2, 0.25) is 0 Å². The van der Waals surface area contributed by atoms with E-state index in [0.29, 0.717) is 67.5 Å². The van der Waals surface area contributed by atoms with Crippen LogP contribution in [0, 0.1) is 58.2 Å². The third kappa shape index (κ3) is 10.1. The van der Waals surface area contributed by atoms with E-state index in [1.807, 2.05) is 0 Å². The van der Waals surface area contributed by atoms with Crippen molar-refractivity contribution >= 4 is 11.8 Å². The Morgan fingerprint density at radius 2 is 1.45 bits per heavy atom. The Labute approximate surface area is 324 Å². The number of aliphatic hydroxyl groups excluding tert-OH is 2. The second-order valence-electron chi connectivity index (χ2n) is 20.1. The first kappa shape index (κ1) is 43.1. The number of carbonyl (C=O) groups excluding carboxylic acids is 2. The fourth-order valence-corrected chi connectivity index (χ4v) is 13.0. The summed E-state index contributed by atoms with van der Waals surface area (Å²) < 4.78 is 5.94. The summed E-state index contributed by atoms with van der Waals surface area (Å²) in [5, 5.41) is 36.9. The monoisotopic (exact) mass is 743 g/mol. The minimum Gasteiger partial charge on any atom is -0.462 e. The summed E-state index contributed by atoms with van der Waals surface area (Å²) in [6.07, 6.45) is 26.2. The van der Waals surface area contributed by atoms with Crippen LogP contribution in [0.2, 0.25) is 0 Å². The maximum absolute atomic E-state index is 13.2. The number of unbranched alkanes of at least 4 members (excludes halogenated alkanes) is 14. The third-order valence-electron chi connectivity index (χ3n) is 16.7. The van der Waals surface area contributed by atoms with Crippen molar-refractivity contribution in [2.24, 2.45) is 58.2 Å². The molecule has 13 atom stereocenters. The highest BCUT2D eigenvalue weighted by molar-refractivity contribution is 5.79. The van der Waals surface area contributed by atoms with Crippen LogP contribution in [0.1, 0.15) is 202 Å². The number of hydrogen-bond acceptors (Lipinski definition) is 6. The topological polar surface area (TPSA) is 104 Å². The van der Waals surface area contributed by atoms with Crippen LogP contribution in [0.15, 0.2) is 0 Å². The van der Waals surface area contributed by atoms with Crippen molar-refractivity contribution < 1.29 is 29.6 Å². The second kappa shape index (κ2) is 19.4. The third-order valence-corrected chi connectivity index (χ3v) is 16.7. The summed E-state index contributed by atoms with van der Waals surface area (Å²) >= 11 is 0. The molecule has 0 unspecified atom stereocenters. The Hall–Kier alpha value is -0.980. The zero-order valence-corrected chi connectivity index (χ0v) is 34.9. The lowest BCUT2D eigenvalue weighted by molar-refractivity contribution is -0.221. The molecule has 5 fully saturated rings. The molecule has 3 N–H and O–H groups in total. The van der Waals surface area contributed by atoms with Gasteiger partial charge in [-0.1, -0.05) is 125 Å². The van der Waals surface area contributed by atoms with Gasteiger partial charge in [-0.3, -0.25) is 9.59 Å². The van der Waals surface area contributed by atoms with Gasteiger partial charge in [0.25, 0.3) is 0 Å². The molecule has 0 aromatic carbocycles. The van der Waals surface area contributed by atoms with Crippen molar-refractivity contribution in [2.75, 3.05) is 6.61 Å². The van der Waals surface area contributed by atoms with Gasteiger partial charge in [-0.2, -0.15) is 0 Å². The first-order valence-corrected chi connectivity index (χ1v) is 23.1. The van der Waals surface area contributed by atoms with Gasteiger partial charge < -0.3 is 20.1 Å². The van der Waals surface area contributed by atoms with Crippen LogP contribution in [0.3, 0.4) is 0 Å². The molecule has 306 valence electrons. The lowest BCUT2D eigenvalue weighted by Gasteiger charge is -2.62. The molecule has 0 spiro atoms. The summed E-state index contributed by atoms with van der Waals surface area (Å²) in [5.41, 5.74) is -2.10. The van der Waals surface area contributed by atoms with E-state index in [2.05, 4.69) is 34.6 Å². The van der Waals surface area contributed by atoms with Gasteiger partial charge in [0.1, 0.15) is 18.0 Å². The predicted octanol–water partition coefficient (Wildman–Crippen LogP) is 10.8. The fraction of sp³-hybridized carbons (Fsp3) is 0.957. The number of carbonyl (C=O) groups is 2. The van der Waals surface area contributed by atoms with E-state index in [1.165, 1.54) is 77.0 Å². The SMILES string of the molecule is CCCCCCCCCCCCCCCCCC(=O)OC[C@](O)([C@H](O)C[C@@H](C)[C@@H]1C[C@H]1C)[C@H]1CC[C@H]2[C@@H]3CC[C@H]4CC(=O)CC[C@]4(C)[C@H]3C[C@@H](O)[C@]12C. The van der Waals surface area contributed by atoms with E-state index in [9.17, 15) is 24.9 Å². The van der Waals surface area contributed by atoms with Crippen LogP contribution in [0.25, 0.3) is 0 Å². The summed E-state index contributed by atoms with van der Waals surface area (Å²) in [7, 11) is 0. The van der Waals surface area contributed by atoms with Gasteiger partial charge in [-0.05, 0) is 105 Å². The van der Waals surface area contributed by atoms with Crippen LogP contribution in [-0.2, 0) is 14.3 Å². The first-order valence-electron chi connectivity index (χ1n) is 23.1. The largest absolute Gasteiger partial charge is 0.462 e. The van der Waals surface area contributed by atoms with E-state index in [0.717, 1.165) is 57.8 Å². The van der Waals surface area contributed by atoms with Crippen LogP contribution in [-0.4, -0.2) is 51.5 Å². The normalized spacial score (nSPS) is 37.2.